The molecule has 2 heteroatoms. The van der Waals surface area contributed by atoms with Gasteiger partial charge in [0.25, 0.3) is 0 Å². The Balaban J connectivity index is 1.97. The summed E-state index contributed by atoms with van der Waals surface area (Å²) < 4.78 is 0. The summed E-state index contributed by atoms with van der Waals surface area (Å²) >= 11 is 0. The molecule has 0 aromatic heterocycles. The zero-order valence-electron chi connectivity index (χ0n) is 14.4. The lowest BCUT2D eigenvalue weighted by atomic mass is 9.45. The average Bonchev–Trinajstić information content (AvgIpc) is 2.45. The number of rotatable bonds is 2. The highest BCUT2D eigenvalue weighted by atomic mass is 16.3. The van der Waals surface area contributed by atoms with Gasteiger partial charge in [-0.25, -0.2) is 0 Å². The van der Waals surface area contributed by atoms with E-state index in [1.165, 1.54) is 12.8 Å². The van der Waals surface area contributed by atoms with E-state index in [4.69, 9.17) is 0 Å². The van der Waals surface area contributed by atoms with Crippen LogP contribution in [0.15, 0.2) is 24.3 Å². The van der Waals surface area contributed by atoms with Gasteiger partial charge < -0.3 is 10.2 Å². The maximum Gasteiger partial charge on any atom is 0.0552 e. The lowest BCUT2D eigenvalue weighted by Gasteiger charge is -2.60. The van der Waals surface area contributed by atoms with Crippen LogP contribution < -0.4 is 0 Å². The van der Waals surface area contributed by atoms with Crippen molar-refractivity contribution in [2.45, 2.75) is 65.4 Å². The van der Waals surface area contributed by atoms with Crippen LogP contribution in [0, 0.1) is 28.1 Å². The third-order valence-corrected chi connectivity index (χ3v) is 7.34. The maximum atomic E-state index is 10.5. The molecule has 0 unspecified atom stereocenters. The monoisotopic (exact) mass is 304 g/mol. The fourth-order valence-corrected chi connectivity index (χ4v) is 6.06. The Morgan fingerprint density at radius 2 is 2.05 bits per heavy atom. The van der Waals surface area contributed by atoms with E-state index < -0.39 is 0 Å². The Labute approximate surface area is 135 Å². The Hall–Kier alpha value is -0.600. The molecule has 0 radical (unpaired) electrons. The van der Waals surface area contributed by atoms with Gasteiger partial charge in [-0.05, 0) is 66.6 Å². The predicted octanol–water partition coefficient (Wildman–Crippen LogP) is 4.08. The van der Waals surface area contributed by atoms with Gasteiger partial charge in [0.15, 0.2) is 0 Å². The molecule has 22 heavy (non-hydrogen) atoms. The summed E-state index contributed by atoms with van der Waals surface area (Å²) in [5.74, 6) is 1.05. The highest BCUT2D eigenvalue weighted by Crippen LogP contribution is 2.63. The normalized spacial score (nSPS) is 51.5. The average molecular weight is 304 g/mol. The first-order valence-electron chi connectivity index (χ1n) is 8.88. The zero-order valence-corrected chi connectivity index (χ0v) is 14.4. The van der Waals surface area contributed by atoms with Crippen LogP contribution in [0.2, 0.25) is 0 Å². The molecule has 6 atom stereocenters. The molecule has 0 saturated heterocycles. The van der Waals surface area contributed by atoms with Crippen molar-refractivity contribution >= 4 is 0 Å². The number of allylic oxidation sites excluding steroid dienone is 3. The molecule has 3 aliphatic carbocycles. The molecule has 0 spiro atoms. The molecule has 0 aromatic carbocycles. The van der Waals surface area contributed by atoms with Crippen LogP contribution >= 0.6 is 0 Å². The first-order chi connectivity index (χ1) is 10.3. The SMILES string of the molecule is C=C[C@@]1(C)CC[C@H]2C(=CC[C@@H]3[C@](C)(CO)C[C@H](O)C[C@]32C)C1. The molecular formula is C20H32O2. The first-order valence-corrected chi connectivity index (χ1v) is 8.88. The second-order valence-electron chi connectivity index (χ2n) is 9.07. The van der Waals surface area contributed by atoms with Gasteiger partial charge in [-0.15, -0.1) is 6.58 Å². The number of hydrogen-bond donors (Lipinski definition) is 2. The van der Waals surface area contributed by atoms with Crippen molar-refractivity contribution in [1.29, 1.82) is 0 Å². The van der Waals surface area contributed by atoms with Crippen LogP contribution in [0.3, 0.4) is 0 Å². The summed E-state index contributed by atoms with van der Waals surface area (Å²) in [7, 11) is 0. The van der Waals surface area contributed by atoms with E-state index in [1.807, 2.05) is 0 Å². The van der Waals surface area contributed by atoms with Crippen molar-refractivity contribution in [3.63, 3.8) is 0 Å². The van der Waals surface area contributed by atoms with E-state index >= 15 is 0 Å². The number of aliphatic hydroxyl groups excluding tert-OH is 2. The molecule has 0 aliphatic heterocycles. The minimum atomic E-state index is -0.273. The highest BCUT2D eigenvalue weighted by molar-refractivity contribution is 5.25. The minimum absolute atomic E-state index is 0.127. The number of aliphatic hydroxyl groups is 2. The van der Waals surface area contributed by atoms with E-state index in [1.54, 1.807) is 5.57 Å². The lowest BCUT2D eigenvalue weighted by molar-refractivity contribution is -0.125. The summed E-state index contributed by atoms with van der Waals surface area (Å²) in [5, 5.41) is 20.5. The topological polar surface area (TPSA) is 40.5 Å². The van der Waals surface area contributed by atoms with E-state index in [0.717, 1.165) is 25.7 Å². The quantitative estimate of drug-likeness (QED) is 0.755. The van der Waals surface area contributed by atoms with Gasteiger partial charge in [-0.2, -0.15) is 0 Å². The molecule has 0 amide bonds. The Bertz CT molecular complexity index is 496. The molecule has 2 fully saturated rings. The van der Waals surface area contributed by atoms with Crippen molar-refractivity contribution in [3.8, 4) is 0 Å². The molecule has 3 aliphatic rings. The minimum Gasteiger partial charge on any atom is -0.396 e. The van der Waals surface area contributed by atoms with Gasteiger partial charge in [0.1, 0.15) is 0 Å². The fraction of sp³-hybridized carbons (Fsp3) is 0.800. The fourth-order valence-electron chi connectivity index (χ4n) is 6.06. The Morgan fingerprint density at radius 1 is 1.32 bits per heavy atom. The zero-order chi connectivity index (χ0) is 16.2. The summed E-state index contributed by atoms with van der Waals surface area (Å²) in [6.45, 7) is 11.1. The van der Waals surface area contributed by atoms with E-state index in [-0.39, 0.29) is 29.0 Å². The summed E-state index contributed by atoms with van der Waals surface area (Å²) in [4.78, 5) is 0. The van der Waals surface area contributed by atoms with Crippen molar-refractivity contribution in [2.24, 2.45) is 28.1 Å². The molecule has 2 saturated carbocycles. The van der Waals surface area contributed by atoms with Gasteiger partial charge in [-0.1, -0.05) is 38.5 Å². The summed E-state index contributed by atoms with van der Waals surface area (Å²) in [5.41, 5.74) is 1.80. The molecule has 0 heterocycles. The van der Waals surface area contributed by atoms with E-state index in [0.29, 0.717) is 11.8 Å². The van der Waals surface area contributed by atoms with Crippen LogP contribution in [-0.2, 0) is 0 Å². The van der Waals surface area contributed by atoms with E-state index in [9.17, 15) is 10.2 Å². The molecule has 2 N–H and O–H groups in total. The largest absolute Gasteiger partial charge is 0.396 e. The molecular weight excluding hydrogens is 272 g/mol. The van der Waals surface area contributed by atoms with Gasteiger partial charge in [-0.3, -0.25) is 0 Å². The second-order valence-corrected chi connectivity index (χ2v) is 9.07. The van der Waals surface area contributed by atoms with Crippen LogP contribution in [0.5, 0.6) is 0 Å². The first kappa shape index (κ1) is 16.3. The van der Waals surface area contributed by atoms with E-state index in [2.05, 4.69) is 39.5 Å². The molecule has 2 nitrogen and oxygen atoms in total. The summed E-state index contributed by atoms with van der Waals surface area (Å²) in [6.07, 6.45) is 10.5. The molecule has 3 rings (SSSR count). The van der Waals surface area contributed by atoms with Crippen molar-refractivity contribution in [2.75, 3.05) is 6.61 Å². The second kappa shape index (κ2) is 5.21. The predicted molar refractivity (Wildman–Crippen MR) is 90.4 cm³/mol. The Kier molecular flexibility index (Phi) is 3.85. The van der Waals surface area contributed by atoms with Gasteiger partial charge in [0.2, 0.25) is 0 Å². The van der Waals surface area contributed by atoms with Crippen molar-refractivity contribution in [3.05, 3.63) is 24.3 Å². The third-order valence-electron chi connectivity index (χ3n) is 7.34. The lowest BCUT2D eigenvalue weighted by Crippen LogP contribution is -2.55. The van der Waals surface area contributed by atoms with Crippen LogP contribution in [0.1, 0.15) is 59.3 Å². The number of fused-ring (bicyclic) bond motifs is 3. The molecule has 0 aromatic rings. The van der Waals surface area contributed by atoms with Crippen LogP contribution in [0.25, 0.3) is 0 Å². The summed E-state index contributed by atoms with van der Waals surface area (Å²) in [6, 6.07) is 0. The number of hydrogen-bond acceptors (Lipinski definition) is 2. The van der Waals surface area contributed by atoms with Gasteiger partial charge >= 0.3 is 0 Å². The highest BCUT2D eigenvalue weighted by Gasteiger charge is 2.57. The maximum absolute atomic E-state index is 10.5. The van der Waals surface area contributed by atoms with Crippen LogP contribution in [-0.4, -0.2) is 22.9 Å². The Morgan fingerprint density at radius 3 is 2.68 bits per heavy atom. The van der Waals surface area contributed by atoms with Crippen LogP contribution in [0.4, 0.5) is 0 Å². The smallest absolute Gasteiger partial charge is 0.0552 e. The molecule has 124 valence electrons. The van der Waals surface area contributed by atoms with Crippen molar-refractivity contribution in [1.82, 2.24) is 0 Å². The standard InChI is InChI=1S/C20H32O2/c1-5-18(2)9-8-16-14(10-18)6-7-17-19(3,13-21)11-15(22)12-20(16,17)4/h5-6,15-17,21-22H,1,7-13H2,2-4H3/t15-,16-,17+,18-,19-,20-/m0/s1. The van der Waals surface area contributed by atoms with Gasteiger partial charge in [0.05, 0.1) is 6.10 Å². The van der Waals surface area contributed by atoms with Crippen molar-refractivity contribution < 1.29 is 10.2 Å². The van der Waals surface area contributed by atoms with Gasteiger partial charge in [0, 0.05) is 6.61 Å². The molecule has 0 bridgehead atoms. The third kappa shape index (κ3) is 2.30.